The molecule has 0 bridgehead atoms. The average Bonchev–Trinajstić information content (AvgIpc) is 2.48. The van der Waals surface area contributed by atoms with E-state index in [4.69, 9.17) is 18.0 Å². The Morgan fingerprint density at radius 3 is 3.00 bits per heavy atom. The second-order valence-corrected chi connectivity index (χ2v) is 5.32. The van der Waals surface area contributed by atoms with Crippen molar-refractivity contribution in [1.82, 2.24) is 9.78 Å². The summed E-state index contributed by atoms with van der Waals surface area (Å²) < 4.78 is 2.12. The van der Waals surface area contributed by atoms with Crippen molar-refractivity contribution in [1.29, 1.82) is 0 Å². The summed E-state index contributed by atoms with van der Waals surface area (Å²) in [7, 11) is 0. The number of aromatic nitrogens is 2. The summed E-state index contributed by atoms with van der Waals surface area (Å²) >= 11 is 5.14. The van der Waals surface area contributed by atoms with Crippen LogP contribution >= 0.6 is 12.2 Å². The molecular weight excluding hydrogens is 218 g/mol. The molecule has 0 saturated carbocycles. The van der Waals surface area contributed by atoms with E-state index in [9.17, 15) is 0 Å². The third-order valence-electron chi connectivity index (χ3n) is 3.32. The third kappa shape index (κ3) is 2.12. The van der Waals surface area contributed by atoms with Gasteiger partial charge in [-0.05, 0) is 45.1 Å². The maximum Gasteiger partial charge on any atom is 0.0762 e. The minimum absolute atomic E-state index is 0.352. The van der Waals surface area contributed by atoms with Gasteiger partial charge in [0.05, 0.1) is 11.2 Å². The number of hydrogen-bond acceptors (Lipinski definition) is 2. The van der Waals surface area contributed by atoms with Crippen LogP contribution in [0.2, 0.25) is 0 Å². The first-order valence-electron chi connectivity index (χ1n) is 5.94. The Balaban J connectivity index is 2.32. The first kappa shape index (κ1) is 11.6. The van der Waals surface area contributed by atoms with Crippen LogP contribution in [0.1, 0.15) is 44.0 Å². The maximum absolute atomic E-state index is 5.79. The highest BCUT2D eigenvalue weighted by molar-refractivity contribution is 7.80. The smallest absolute Gasteiger partial charge is 0.0762 e. The molecule has 2 N–H and O–H groups in total. The fourth-order valence-electron chi connectivity index (χ4n) is 2.42. The van der Waals surface area contributed by atoms with E-state index in [0.29, 0.717) is 16.9 Å². The van der Waals surface area contributed by atoms with Crippen LogP contribution in [-0.2, 0) is 12.8 Å². The van der Waals surface area contributed by atoms with Crippen molar-refractivity contribution in [2.24, 2.45) is 11.7 Å². The Morgan fingerprint density at radius 1 is 1.62 bits per heavy atom. The number of nitrogens with zero attached hydrogens (tertiary/aromatic N) is 2. The molecule has 1 aliphatic rings. The van der Waals surface area contributed by atoms with Crippen molar-refractivity contribution in [3.05, 3.63) is 17.5 Å². The van der Waals surface area contributed by atoms with Gasteiger partial charge in [-0.15, -0.1) is 0 Å². The van der Waals surface area contributed by atoms with Crippen molar-refractivity contribution in [2.75, 3.05) is 0 Å². The molecule has 0 radical (unpaired) electrons. The van der Waals surface area contributed by atoms with Gasteiger partial charge >= 0.3 is 0 Å². The number of fused-ring (bicyclic) bond motifs is 1. The number of nitrogens with two attached hydrogens (primary N) is 1. The molecule has 0 saturated heterocycles. The molecule has 0 unspecified atom stereocenters. The fourth-order valence-corrected chi connectivity index (χ4v) is 2.62. The summed E-state index contributed by atoms with van der Waals surface area (Å²) in [5.41, 5.74) is 8.51. The van der Waals surface area contributed by atoms with E-state index in [2.05, 4.69) is 23.6 Å². The summed E-state index contributed by atoms with van der Waals surface area (Å²) in [5.74, 6) is 0.352. The maximum atomic E-state index is 5.79. The van der Waals surface area contributed by atoms with Gasteiger partial charge in [0.1, 0.15) is 0 Å². The van der Waals surface area contributed by atoms with Crippen LogP contribution in [0.4, 0.5) is 0 Å². The third-order valence-corrected chi connectivity index (χ3v) is 3.65. The predicted molar refractivity (Wildman–Crippen MR) is 69.5 cm³/mol. The molecule has 1 aromatic rings. The first-order valence-corrected chi connectivity index (χ1v) is 6.35. The first-order chi connectivity index (χ1) is 7.59. The van der Waals surface area contributed by atoms with E-state index in [0.717, 1.165) is 19.3 Å². The summed E-state index contributed by atoms with van der Waals surface area (Å²) in [5, 5.41) is 4.47. The molecule has 0 amide bonds. The Kier molecular flexibility index (Phi) is 3.28. The zero-order valence-corrected chi connectivity index (χ0v) is 10.8. The summed E-state index contributed by atoms with van der Waals surface area (Å²) in [6.45, 7) is 4.32. The number of aryl methyl sites for hydroxylation is 1. The minimum Gasteiger partial charge on any atom is -0.393 e. The average molecular weight is 237 g/mol. The second-order valence-electron chi connectivity index (χ2n) is 4.85. The molecule has 1 heterocycles. The van der Waals surface area contributed by atoms with E-state index in [1.54, 1.807) is 0 Å². The highest BCUT2D eigenvalue weighted by Gasteiger charge is 2.22. The standard InChI is InChI=1S/C12H19N3S/c1-8(2)15-11-6-9(12(13)16)4-3-5-10(11)7-14-15/h7-9H,3-6H2,1-2H3,(H2,13,16)/t9-/m0/s1. The van der Waals surface area contributed by atoms with E-state index in [1.807, 2.05) is 6.20 Å². The zero-order chi connectivity index (χ0) is 11.7. The van der Waals surface area contributed by atoms with Crippen molar-refractivity contribution in [3.63, 3.8) is 0 Å². The molecule has 1 atom stereocenters. The predicted octanol–water partition coefficient (Wildman–Crippen LogP) is 2.25. The van der Waals surface area contributed by atoms with Gasteiger partial charge in [-0.25, -0.2) is 0 Å². The molecule has 3 nitrogen and oxygen atoms in total. The van der Waals surface area contributed by atoms with Gasteiger partial charge in [0, 0.05) is 17.7 Å². The van der Waals surface area contributed by atoms with Crippen molar-refractivity contribution in [2.45, 2.75) is 45.6 Å². The minimum atomic E-state index is 0.352. The van der Waals surface area contributed by atoms with Crippen LogP contribution in [0.25, 0.3) is 0 Å². The number of thiocarbonyl (C=S) groups is 1. The van der Waals surface area contributed by atoms with Crippen molar-refractivity contribution in [3.8, 4) is 0 Å². The van der Waals surface area contributed by atoms with E-state index >= 15 is 0 Å². The SMILES string of the molecule is CC(C)n1ncc2c1C[C@@H](C(N)=S)CCC2. The number of rotatable bonds is 2. The summed E-state index contributed by atoms with van der Waals surface area (Å²) in [6.07, 6.45) is 6.36. The lowest BCUT2D eigenvalue weighted by Gasteiger charge is -2.16. The second kappa shape index (κ2) is 4.53. The summed E-state index contributed by atoms with van der Waals surface area (Å²) in [6, 6.07) is 0.411. The molecule has 4 heteroatoms. The molecule has 0 fully saturated rings. The largest absolute Gasteiger partial charge is 0.393 e. The summed E-state index contributed by atoms with van der Waals surface area (Å²) in [4.78, 5) is 0.657. The number of hydrogen-bond donors (Lipinski definition) is 1. The fraction of sp³-hybridized carbons (Fsp3) is 0.667. The zero-order valence-electron chi connectivity index (χ0n) is 9.94. The van der Waals surface area contributed by atoms with Gasteiger partial charge in [-0.1, -0.05) is 12.2 Å². The molecular formula is C12H19N3S. The van der Waals surface area contributed by atoms with Crippen LogP contribution in [0.3, 0.4) is 0 Å². The molecule has 0 aromatic carbocycles. The van der Waals surface area contributed by atoms with Gasteiger partial charge in [0.25, 0.3) is 0 Å². The van der Waals surface area contributed by atoms with Crippen LogP contribution in [0.5, 0.6) is 0 Å². The van der Waals surface area contributed by atoms with Gasteiger partial charge in [0.15, 0.2) is 0 Å². The molecule has 88 valence electrons. The van der Waals surface area contributed by atoms with Gasteiger partial charge in [0.2, 0.25) is 0 Å². The molecule has 0 spiro atoms. The lowest BCUT2D eigenvalue weighted by Crippen LogP contribution is -2.24. The van der Waals surface area contributed by atoms with Crippen LogP contribution in [0.15, 0.2) is 6.20 Å². The van der Waals surface area contributed by atoms with E-state index in [-0.39, 0.29) is 0 Å². The molecule has 1 aliphatic carbocycles. The van der Waals surface area contributed by atoms with Crippen LogP contribution in [0, 0.1) is 5.92 Å². The van der Waals surface area contributed by atoms with Gasteiger partial charge in [-0.2, -0.15) is 5.10 Å². The highest BCUT2D eigenvalue weighted by Crippen LogP contribution is 2.26. The van der Waals surface area contributed by atoms with E-state index < -0.39 is 0 Å². The molecule has 1 aromatic heterocycles. The Morgan fingerprint density at radius 2 is 2.38 bits per heavy atom. The highest BCUT2D eigenvalue weighted by atomic mass is 32.1. The van der Waals surface area contributed by atoms with Crippen LogP contribution < -0.4 is 5.73 Å². The van der Waals surface area contributed by atoms with Gasteiger partial charge < -0.3 is 5.73 Å². The van der Waals surface area contributed by atoms with E-state index in [1.165, 1.54) is 17.7 Å². The molecule has 2 rings (SSSR count). The van der Waals surface area contributed by atoms with Crippen molar-refractivity contribution >= 4 is 17.2 Å². The Bertz CT molecular complexity index is 395. The lowest BCUT2D eigenvalue weighted by atomic mass is 10.00. The molecule has 16 heavy (non-hydrogen) atoms. The topological polar surface area (TPSA) is 43.8 Å². The van der Waals surface area contributed by atoms with Gasteiger partial charge in [-0.3, -0.25) is 4.68 Å². The molecule has 0 aliphatic heterocycles. The Hall–Kier alpha value is -0.900. The lowest BCUT2D eigenvalue weighted by molar-refractivity contribution is 0.493. The van der Waals surface area contributed by atoms with Crippen LogP contribution in [-0.4, -0.2) is 14.8 Å². The monoisotopic (exact) mass is 237 g/mol. The Labute approximate surface area is 102 Å². The quantitative estimate of drug-likeness (QED) is 0.634. The van der Waals surface area contributed by atoms with Crippen molar-refractivity contribution < 1.29 is 0 Å². The normalized spacial score (nSPS) is 20.6.